The van der Waals surface area contributed by atoms with Crippen molar-refractivity contribution in [2.24, 2.45) is 0 Å². The SMILES string of the molecule is O=C(NC1CCCCNC1=O)c1cc(-c2cccs2)nn1-c1ccccc1Cl. The first-order valence-electron chi connectivity index (χ1n) is 9.11. The Morgan fingerprint density at radius 2 is 2.11 bits per heavy atom. The number of carbonyl (C=O) groups excluding carboxylic acids is 2. The second-order valence-electron chi connectivity index (χ2n) is 6.57. The van der Waals surface area contributed by atoms with Gasteiger partial charge < -0.3 is 10.6 Å². The highest BCUT2D eigenvalue weighted by Crippen LogP contribution is 2.28. The van der Waals surface area contributed by atoms with Gasteiger partial charge >= 0.3 is 0 Å². The molecule has 144 valence electrons. The molecule has 3 aromatic rings. The molecule has 2 aromatic heterocycles. The fourth-order valence-electron chi connectivity index (χ4n) is 3.20. The quantitative estimate of drug-likeness (QED) is 0.684. The van der Waals surface area contributed by atoms with Crippen LogP contribution in [0.4, 0.5) is 0 Å². The summed E-state index contributed by atoms with van der Waals surface area (Å²) in [4.78, 5) is 26.2. The maximum atomic E-state index is 13.1. The Morgan fingerprint density at radius 3 is 2.89 bits per heavy atom. The van der Waals surface area contributed by atoms with Crippen molar-refractivity contribution in [3.63, 3.8) is 0 Å². The Morgan fingerprint density at radius 1 is 1.25 bits per heavy atom. The highest BCUT2D eigenvalue weighted by molar-refractivity contribution is 7.13. The molecule has 1 saturated heterocycles. The lowest BCUT2D eigenvalue weighted by Gasteiger charge is -2.16. The average Bonchev–Trinajstić information content (AvgIpc) is 3.32. The van der Waals surface area contributed by atoms with E-state index in [4.69, 9.17) is 11.6 Å². The van der Waals surface area contributed by atoms with E-state index < -0.39 is 6.04 Å². The molecule has 0 radical (unpaired) electrons. The van der Waals surface area contributed by atoms with E-state index >= 15 is 0 Å². The van der Waals surface area contributed by atoms with Crippen molar-refractivity contribution in [2.45, 2.75) is 25.3 Å². The number of halogens is 1. The smallest absolute Gasteiger partial charge is 0.270 e. The number of thiophene rings is 1. The first-order valence-corrected chi connectivity index (χ1v) is 10.4. The molecular formula is C20H19ClN4O2S. The summed E-state index contributed by atoms with van der Waals surface area (Å²) < 4.78 is 1.54. The molecule has 4 rings (SSSR count). The summed E-state index contributed by atoms with van der Waals surface area (Å²) in [5, 5.41) is 12.8. The Kier molecular flexibility index (Phi) is 5.45. The fourth-order valence-corrected chi connectivity index (χ4v) is 4.10. The van der Waals surface area contributed by atoms with E-state index in [1.807, 2.05) is 35.7 Å². The van der Waals surface area contributed by atoms with Crippen molar-refractivity contribution in [1.29, 1.82) is 0 Å². The molecule has 0 bridgehead atoms. The highest BCUT2D eigenvalue weighted by Gasteiger charge is 2.26. The van der Waals surface area contributed by atoms with E-state index in [1.54, 1.807) is 28.2 Å². The van der Waals surface area contributed by atoms with Gasteiger partial charge in [-0.15, -0.1) is 11.3 Å². The lowest BCUT2D eigenvalue weighted by molar-refractivity contribution is -0.122. The van der Waals surface area contributed by atoms with Gasteiger partial charge in [-0.2, -0.15) is 5.10 Å². The van der Waals surface area contributed by atoms with Gasteiger partial charge in [-0.25, -0.2) is 4.68 Å². The number of nitrogens with zero attached hydrogens (tertiary/aromatic N) is 2. The van der Waals surface area contributed by atoms with Gasteiger partial charge in [0, 0.05) is 6.54 Å². The molecule has 0 saturated carbocycles. The van der Waals surface area contributed by atoms with Crippen LogP contribution in [0.15, 0.2) is 47.8 Å². The number of para-hydroxylation sites is 1. The fraction of sp³-hybridized carbons (Fsp3) is 0.250. The molecule has 0 aliphatic carbocycles. The zero-order chi connectivity index (χ0) is 19.5. The maximum Gasteiger partial charge on any atom is 0.270 e. The molecule has 1 aliphatic heterocycles. The third-order valence-corrected chi connectivity index (χ3v) is 5.85. The van der Waals surface area contributed by atoms with E-state index in [-0.39, 0.29) is 11.8 Å². The summed E-state index contributed by atoms with van der Waals surface area (Å²) in [5.74, 6) is -0.495. The number of hydrogen-bond acceptors (Lipinski definition) is 4. The van der Waals surface area contributed by atoms with Crippen LogP contribution in [0.25, 0.3) is 16.3 Å². The average molecular weight is 415 g/mol. The zero-order valence-corrected chi connectivity index (χ0v) is 16.6. The number of carbonyl (C=O) groups is 2. The minimum Gasteiger partial charge on any atom is -0.354 e. The lowest BCUT2D eigenvalue weighted by Crippen LogP contribution is -2.45. The van der Waals surface area contributed by atoms with Gasteiger partial charge in [0.25, 0.3) is 5.91 Å². The second-order valence-corrected chi connectivity index (χ2v) is 7.92. The molecule has 2 N–H and O–H groups in total. The molecule has 1 aromatic carbocycles. The van der Waals surface area contributed by atoms with Crippen LogP contribution in [0, 0.1) is 0 Å². The van der Waals surface area contributed by atoms with Gasteiger partial charge in [-0.05, 0) is 48.9 Å². The minimum atomic E-state index is -0.546. The van der Waals surface area contributed by atoms with Crippen molar-refractivity contribution < 1.29 is 9.59 Å². The monoisotopic (exact) mass is 414 g/mol. The molecule has 1 unspecified atom stereocenters. The van der Waals surface area contributed by atoms with Crippen LogP contribution in [0.2, 0.25) is 5.02 Å². The van der Waals surface area contributed by atoms with E-state index in [0.717, 1.165) is 17.7 Å². The Hall–Kier alpha value is -2.64. The maximum absolute atomic E-state index is 13.1. The van der Waals surface area contributed by atoms with Crippen molar-refractivity contribution in [3.8, 4) is 16.3 Å². The number of benzene rings is 1. The number of hydrogen-bond donors (Lipinski definition) is 2. The van der Waals surface area contributed by atoms with Crippen LogP contribution >= 0.6 is 22.9 Å². The van der Waals surface area contributed by atoms with E-state index in [2.05, 4.69) is 15.7 Å². The first-order chi connectivity index (χ1) is 13.6. The Balaban J connectivity index is 1.71. The van der Waals surface area contributed by atoms with E-state index in [9.17, 15) is 9.59 Å². The van der Waals surface area contributed by atoms with Gasteiger partial charge in [-0.3, -0.25) is 9.59 Å². The van der Waals surface area contributed by atoms with E-state index in [1.165, 1.54) is 0 Å². The molecule has 1 fully saturated rings. The molecule has 8 heteroatoms. The lowest BCUT2D eigenvalue weighted by atomic mass is 10.1. The highest BCUT2D eigenvalue weighted by atomic mass is 35.5. The van der Waals surface area contributed by atoms with Gasteiger partial charge in [0.05, 0.1) is 15.6 Å². The molecule has 2 amide bonds. The van der Waals surface area contributed by atoms with Crippen LogP contribution in [0.3, 0.4) is 0 Å². The number of nitrogens with one attached hydrogen (secondary N) is 2. The normalized spacial score (nSPS) is 17.0. The van der Waals surface area contributed by atoms with Crippen molar-refractivity contribution in [1.82, 2.24) is 20.4 Å². The summed E-state index contributed by atoms with van der Waals surface area (Å²) in [6, 6.07) is 12.3. The number of rotatable bonds is 4. The molecule has 3 heterocycles. The van der Waals surface area contributed by atoms with Gasteiger partial charge in [-0.1, -0.05) is 29.8 Å². The van der Waals surface area contributed by atoms with Gasteiger partial charge in [0.2, 0.25) is 5.91 Å². The second kappa shape index (κ2) is 8.16. The zero-order valence-electron chi connectivity index (χ0n) is 15.0. The van der Waals surface area contributed by atoms with Gasteiger partial charge in [0.1, 0.15) is 17.4 Å². The molecule has 6 nitrogen and oxygen atoms in total. The van der Waals surface area contributed by atoms with Crippen LogP contribution in [0.1, 0.15) is 29.8 Å². The predicted octanol–water partition coefficient (Wildman–Crippen LogP) is 3.65. The molecule has 28 heavy (non-hydrogen) atoms. The van der Waals surface area contributed by atoms with Crippen molar-refractivity contribution >= 4 is 34.8 Å². The number of amides is 2. The van der Waals surface area contributed by atoms with Crippen molar-refractivity contribution in [3.05, 3.63) is 58.6 Å². The van der Waals surface area contributed by atoms with Crippen LogP contribution < -0.4 is 10.6 Å². The number of aromatic nitrogens is 2. The summed E-state index contributed by atoms with van der Waals surface area (Å²) in [6.45, 7) is 0.644. The largest absolute Gasteiger partial charge is 0.354 e. The summed E-state index contributed by atoms with van der Waals surface area (Å²) in [7, 11) is 0. The van der Waals surface area contributed by atoms with Gasteiger partial charge in [0.15, 0.2) is 0 Å². The molecule has 1 atom stereocenters. The topological polar surface area (TPSA) is 76.0 Å². The Labute approximate surface area is 171 Å². The molecule has 0 spiro atoms. The molecule has 1 aliphatic rings. The Bertz CT molecular complexity index is 1000. The van der Waals surface area contributed by atoms with E-state index in [0.29, 0.717) is 35.1 Å². The van der Waals surface area contributed by atoms with Crippen molar-refractivity contribution in [2.75, 3.05) is 6.54 Å². The summed E-state index contributed by atoms with van der Waals surface area (Å²) >= 11 is 7.90. The third kappa shape index (κ3) is 3.81. The minimum absolute atomic E-state index is 0.145. The summed E-state index contributed by atoms with van der Waals surface area (Å²) in [6.07, 6.45) is 2.42. The third-order valence-electron chi connectivity index (χ3n) is 4.64. The van der Waals surface area contributed by atoms with Crippen LogP contribution in [-0.4, -0.2) is 34.2 Å². The molecular weight excluding hydrogens is 396 g/mol. The summed E-state index contributed by atoms with van der Waals surface area (Å²) in [5.41, 5.74) is 1.64. The standard InChI is InChI=1S/C20H19ClN4O2S/c21-13-6-1-2-8-16(13)25-17(12-15(24-25)18-9-5-11-28-18)20(27)23-14-7-3-4-10-22-19(14)26/h1-2,5-6,8-9,11-12,14H,3-4,7,10H2,(H,22,26)(H,23,27). The van der Waals surface area contributed by atoms with Crippen LogP contribution in [0.5, 0.6) is 0 Å². The predicted molar refractivity (Wildman–Crippen MR) is 110 cm³/mol. The van der Waals surface area contributed by atoms with Crippen LogP contribution in [-0.2, 0) is 4.79 Å². The first kappa shape index (κ1) is 18.7.